The first-order chi connectivity index (χ1) is 9.76. The van der Waals surface area contributed by atoms with Crippen molar-refractivity contribution >= 4 is 22.0 Å². The predicted octanol–water partition coefficient (Wildman–Crippen LogP) is 1.77. The van der Waals surface area contributed by atoms with Crippen LogP contribution in [0.2, 0.25) is 0 Å². The molecule has 0 bridgehead atoms. The smallest absolute Gasteiger partial charge is 0.244 e. The first-order valence-corrected chi connectivity index (χ1v) is 8.26. The van der Waals surface area contributed by atoms with Crippen molar-refractivity contribution < 1.29 is 13.2 Å². The number of benzene rings is 1. The van der Waals surface area contributed by atoms with E-state index in [0.717, 1.165) is 5.56 Å². The van der Waals surface area contributed by atoms with E-state index >= 15 is 0 Å². The molecular weight excluding hydrogens is 288 g/mol. The van der Waals surface area contributed by atoms with Crippen molar-refractivity contribution in [3.8, 4) is 0 Å². The zero-order valence-corrected chi connectivity index (χ0v) is 13.6. The second kappa shape index (κ2) is 7.38. The van der Waals surface area contributed by atoms with Gasteiger partial charge >= 0.3 is 0 Å². The molecule has 6 heteroatoms. The lowest BCUT2D eigenvalue weighted by Crippen LogP contribution is -2.34. The van der Waals surface area contributed by atoms with E-state index in [9.17, 15) is 13.2 Å². The van der Waals surface area contributed by atoms with Crippen LogP contribution in [0.25, 0.3) is 6.08 Å². The second-order valence-corrected chi connectivity index (χ2v) is 7.04. The first-order valence-electron chi connectivity index (χ1n) is 6.78. The summed E-state index contributed by atoms with van der Waals surface area (Å²) in [6.45, 7) is 6.03. The minimum absolute atomic E-state index is 0.102. The summed E-state index contributed by atoms with van der Waals surface area (Å²) in [5.41, 5.74) is 0.761. The summed E-state index contributed by atoms with van der Waals surface area (Å²) >= 11 is 0. The van der Waals surface area contributed by atoms with Gasteiger partial charge in [0.2, 0.25) is 15.9 Å². The molecule has 0 fully saturated rings. The van der Waals surface area contributed by atoms with E-state index in [1.807, 2.05) is 20.8 Å². The van der Waals surface area contributed by atoms with Gasteiger partial charge in [-0.2, -0.15) is 0 Å². The fourth-order valence-corrected chi connectivity index (χ4v) is 2.22. The maximum atomic E-state index is 11.7. The molecule has 21 heavy (non-hydrogen) atoms. The van der Waals surface area contributed by atoms with Crippen LogP contribution in [0.5, 0.6) is 0 Å². The molecule has 0 heterocycles. The second-order valence-electron chi connectivity index (χ2n) is 5.15. The zero-order chi connectivity index (χ0) is 16.0. The Morgan fingerprint density at radius 3 is 2.19 bits per heavy atom. The fraction of sp³-hybridized carbons (Fsp3) is 0.400. The van der Waals surface area contributed by atoms with Crippen molar-refractivity contribution in [1.29, 1.82) is 0 Å². The summed E-state index contributed by atoms with van der Waals surface area (Å²) in [5.74, 6) is 0.205. The van der Waals surface area contributed by atoms with Gasteiger partial charge in [0, 0.05) is 12.1 Å². The highest BCUT2D eigenvalue weighted by Gasteiger charge is 2.10. The van der Waals surface area contributed by atoms with Crippen molar-refractivity contribution in [3.63, 3.8) is 0 Å². The molecule has 2 N–H and O–H groups in total. The SMILES string of the molecule is CNS(=O)(=O)c1ccc(/C=C/C(=O)NC(C)C(C)C)cc1. The predicted molar refractivity (Wildman–Crippen MR) is 84.2 cm³/mol. The number of hydrogen-bond acceptors (Lipinski definition) is 3. The molecule has 0 radical (unpaired) electrons. The third-order valence-electron chi connectivity index (χ3n) is 3.26. The van der Waals surface area contributed by atoms with Crippen molar-refractivity contribution in [2.24, 2.45) is 5.92 Å². The highest BCUT2D eigenvalue weighted by Crippen LogP contribution is 2.11. The molecule has 116 valence electrons. The molecule has 1 unspecified atom stereocenters. The third-order valence-corrected chi connectivity index (χ3v) is 4.69. The van der Waals surface area contributed by atoms with Crippen LogP contribution < -0.4 is 10.0 Å². The molecule has 1 aromatic rings. The molecule has 1 amide bonds. The largest absolute Gasteiger partial charge is 0.350 e. The summed E-state index contributed by atoms with van der Waals surface area (Å²) in [4.78, 5) is 11.9. The molecule has 0 spiro atoms. The number of rotatable bonds is 6. The van der Waals surface area contributed by atoms with Gasteiger partial charge in [-0.25, -0.2) is 13.1 Å². The summed E-state index contributed by atoms with van der Waals surface area (Å²) in [5, 5.41) is 2.86. The van der Waals surface area contributed by atoms with E-state index in [1.54, 1.807) is 18.2 Å². The third kappa shape index (κ3) is 5.32. The zero-order valence-electron chi connectivity index (χ0n) is 12.8. The number of amides is 1. The Morgan fingerprint density at radius 2 is 1.71 bits per heavy atom. The van der Waals surface area contributed by atoms with Crippen molar-refractivity contribution in [1.82, 2.24) is 10.0 Å². The van der Waals surface area contributed by atoms with Crippen LogP contribution in [0, 0.1) is 5.92 Å². The normalized spacial score (nSPS) is 13.6. The van der Waals surface area contributed by atoms with E-state index in [1.165, 1.54) is 25.3 Å². The van der Waals surface area contributed by atoms with Gasteiger partial charge in [0.15, 0.2) is 0 Å². The lowest BCUT2D eigenvalue weighted by atomic mass is 10.1. The minimum atomic E-state index is -3.43. The highest BCUT2D eigenvalue weighted by atomic mass is 32.2. The van der Waals surface area contributed by atoms with Gasteiger partial charge < -0.3 is 5.32 Å². The molecule has 0 saturated heterocycles. The maximum Gasteiger partial charge on any atom is 0.244 e. The molecular formula is C15H22N2O3S. The summed E-state index contributed by atoms with van der Waals surface area (Å²) < 4.78 is 25.4. The van der Waals surface area contributed by atoms with Crippen LogP contribution in [0.15, 0.2) is 35.2 Å². The van der Waals surface area contributed by atoms with Gasteiger partial charge in [0.25, 0.3) is 0 Å². The first kappa shape index (κ1) is 17.4. The van der Waals surface area contributed by atoms with Crippen LogP contribution in [-0.4, -0.2) is 27.4 Å². The number of nitrogens with one attached hydrogen (secondary N) is 2. The lowest BCUT2D eigenvalue weighted by molar-refractivity contribution is -0.117. The van der Waals surface area contributed by atoms with Crippen molar-refractivity contribution in [2.45, 2.75) is 31.7 Å². The molecule has 1 aromatic carbocycles. The monoisotopic (exact) mass is 310 g/mol. The highest BCUT2D eigenvalue weighted by molar-refractivity contribution is 7.89. The van der Waals surface area contributed by atoms with Gasteiger partial charge in [-0.3, -0.25) is 4.79 Å². The Kier molecular flexibility index (Phi) is 6.11. The van der Waals surface area contributed by atoms with E-state index in [0.29, 0.717) is 5.92 Å². The molecule has 1 atom stereocenters. The number of carbonyl (C=O) groups excluding carboxylic acids is 1. The van der Waals surface area contributed by atoms with Gasteiger partial charge in [-0.05, 0) is 43.7 Å². The standard InChI is InChI=1S/C15H22N2O3S/c1-11(2)12(3)17-15(18)10-7-13-5-8-14(9-6-13)21(19,20)16-4/h5-12,16H,1-4H3,(H,17,18)/b10-7+. The van der Waals surface area contributed by atoms with E-state index in [4.69, 9.17) is 0 Å². The topological polar surface area (TPSA) is 75.3 Å². The maximum absolute atomic E-state index is 11.7. The van der Waals surface area contributed by atoms with Crippen molar-refractivity contribution in [3.05, 3.63) is 35.9 Å². The average Bonchev–Trinajstić information content (AvgIpc) is 2.45. The molecule has 0 aromatic heterocycles. The summed E-state index contributed by atoms with van der Waals surface area (Å²) in [7, 11) is -2.06. The molecule has 5 nitrogen and oxygen atoms in total. The van der Waals surface area contributed by atoms with Gasteiger partial charge in [0.1, 0.15) is 0 Å². The van der Waals surface area contributed by atoms with Crippen molar-refractivity contribution in [2.75, 3.05) is 7.05 Å². The number of sulfonamides is 1. The Bertz CT molecular complexity index is 604. The molecule has 0 aliphatic carbocycles. The Balaban J connectivity index is 2.72. The van der Waals surface area contributed by atoms with Crippen LogP contribution >= 0.6 is 0 Å². The van der Waals surface area contributed by atoms with Crippen LogP contribution in [0.3, 0.4) is 0 Å². The summed E-state index contributed by atoms with van der Waals surface area (Å²) in [6.07, 6.45) is 3.10. The molecule has 1 rings (SSSR count). The van der Waals surface area contributed by atoms with Gasteiger partial charge in [0.05, 0.1) is 4.90 Å². The fourth-order valence-electron chi connectivity index (χ4n) is 1.49. The quantitative estimate of drug-likeness (QED) is 0.786. The van der Waals surface area contributed by atoms with E-state index in [-0.39, 0.29) is 16.8 Å². The average molecular weight is 310 g/mol. The number of carbonyl (C=O) groups is 1. The Hall–Kier alpha value is -1.66. The Morgan fingerprint density at radius 1 is 1.14 bits per heavy atom. The van der Waals surface area contributed by atoms with E-state index < -0.39 is 10.0 Å². The minimum Gasteiger partial charge on any atom is -0.350 e. The summed E-state index contributed by atoms with van der Waals surface area (Å²) in [6, 6.07) is 6.41. The molecule has 0 saturated carbocycles. The van der Waals surface area contributed by atoms with Crippen LogP contribution in [0.4, 0.5) is 0 Å². The van der Waals surface area contributed by atoms with E-state index in [2.05, 4.69) is 10.0 Å². The van der Waals surface area contributed by atoms with Crippen LogP contribution in [0.1, 0.15) is 26.3 Å². The number of hydrogen-bond donors (Lipinski definition) is 2. The van der Waals surface area contributed by atoms with Gasteiger partial charge in [-0.15, -0.1) is 0 Å². The lowest BCUT2D eigenvalue weighted by Gasteiger charge is -2.15. The van der Waals surface area contributed by atoms with Gasteiger partial charge in [-0.1, -0.05) is 26.0 Å². The van der Waals surface area contributed by atoms with Crippen LogP contribution in [-0.2, 0) is 14.8 Å². The Labute approximate surface area is 126 Å². The molecule has 0 aliphatic heterocycles. The molecule has 0 aliphatic rings.